The molecule has 0 bridgehead atoms. The topological polar surface area (TPSA) is 103 Å². The van der Waals surface area contributed by atoms with Crippen LogP contribution in [0.15, 0.2) is 0 Å². The quantitative estimate of drug-likeness (QED) is 0.661. The Hall–Kier alpha value is -2.19. The molecule has 27 heavy (non-hydrogen) atoms. The maximum atomic E-state index is 13.1. The van der Waals surface area contributed by atoms with E-state index in [9.17, 15) is 14.4 Å². The fourth-order valence-electron chi connectivity index (χ4n) is 3.65. The summed E-state index contributed by atoms with van der Waals surface area (Å²) in [6, 6.07) is 0. The first kappa shape index (κ1) is 21.1. The number of rotatable bonds is 8. The van der Waals surface area contributed by atoms with Crippen LogP contribution in [0.4, 0.5) is 0 Å². The number of Topliss-reactive ketones (excluding diaryl/α,β-unsaturated/α-hetero) is 1. The van der Waals surface area contributed by atoms with Gasteiger partial charge in [-0.1, -0.05) is 13.3 Å². The zero-order valence-electron chi connectivity index (χ0n) is 16.5. The molecular formula is C19H29N3O5. The molecular weight excluding hydrogens is 350 g/mol. The highest BCUT2D eigenvalue weighted by Gasteiger charge is 2.30. The zero-order valence-corrected chi connectivity index (χ0v) is 16.5. The van der Waals surface area contributed by atoms with Gasteiger partial charge in [-0.3, -0.25) is 19.3 Å². The van der Waals surface area contributed by atoms with E-state index in [0.717, 1.165) is 17.7 Å². The summed E-state index contributed by atoms with van der Waals surface area (Å²) < 4.78 is 5.70. The number of aromatic nitrogens is 1. The van der Waals surface area contributed by atoms with Gasteiger partial charge in [0.15, 0.2) is 5.78 Å². The fourth-order valence-corrected chi connectivity index (χ4v) is 3.65. The van der Waals surface area contributed by atoms with Crippen molar-refractivity contribution in [2.24, 2.45) is 0 Å². The molecule has 8 nitrogen and oxygen atoms in total. The van der Waals surface area contributed by atoms with Crippen LogP contribution < -0.4 is 0 Å². The summed E-state index contributed by atoms with van der Waals surface area (Å²) >= 11 is 0. The highest BCUT2D eigenvalue weighted by molar-refractivity contribution is 6.02. The Morgan fingerprint density at radius 2 is 2.07 bits per heavy atom. The lowest BCUT2D eigenvalue weighted by molar-refractivity contribution is -0.138. The minimum absolute atomic E-state index is 0.0404. The molecule has 1 aliphatic rings. The smallest absolute Gasteiger partial charge is 0.317 e. The highest BCUT2D eigenvalue weighted by Crippen LogP contribution is 2.23. The predicted octanol–water partition coefficient (Wildman–Crippen LogP) is 1.34. The number of H-pyrrole nitrogens is 1. The largest absolute Gasteiger partial charge is 0.480 e. The first-order valence-corrected chi connectivity index (χ1v) is 9.28. The molecule has 1 fully saturated rings. The third kappa shape index (κ3) is 5.17. The van der Waals surface area contributed by atoms with E-state index in [2.05, 4.69) is 4.98 Å². The number of amides is 1. The molecule has 8 heteroatoms. The number of carboxylic acid groups (broad SMARTS) is 1. The van der Waals surface area contributed by atoms with E-state index >= 15 is 0 Å². The van der Waals surface area contributed by atoms with E-state index < -0.39 is 5.97 Å². The minimum Gasteiger partial charge on any atom is -0.480 e. The molecule has 0 radical (unpaired) electrons. The van der Waals surface area contributed by atoms with Gasteiger partial charge in [-0.05, 0) is 32.9 Å². The molecule has 0 aromatic carbocycles. The summed E-state index contributed by atoms with van der Waals surface area (Å²) in [6.45, 7) is 6.97. The maximum absolute atomic E-state index is 13.1. The van der Waals surface area contributed by atoms with Crippen LogP contribution in [0.2, 0.25) is 0 Å². The minimum atomic E-state index is -0.899. The summed E-state index contributed by atoms with van der Waals surface area (Å²) in [7, 11) is 1.71. The molecule has 1 aromatic rings. The Balaban J connectivity index is 2.16. The van der Waals surface area contributed by atoms with Crippen molar-refractivity contribution < 1.29 is 24.2 Å². The second kappa shape index (κ2) is 9.14. The zero-order chi connectivity index (χ0) is 20.1. The molecule has 1 aromatic heterocycles. The molecule has 2 N–H and O–H groups in total. The number of aliphatic carboxylic acids is 1. The fraction of sp³-hybridized carbons (Fsp3) is 0.632. The van der Waals surface area contributed by atoms with E-state index in [-0.39, 0.29) is 24.3 Å². The summed E-state index contributed by atoms with van der Waals surface area (Å²) in [4.78, 5) is 42.4. The van der Waals surface area contributed by atoms with Crippen LogP contribution in [0.1, 0.15) is 52.4 Å². The average Bonchev–Trinajstić information content (AvgIpc) is 2.90. The van der Waals surface area contributed by atoms with Crippen LogP contribution in [0.3, 0.4) is 0 Å². The second-order valence-corrected chi connectivity index (χ2v) is 7.12. The molecule has 1 amide bonds. The summed E-state index contributed by atoms with van der Waals surface area (Å²) in [5, 5.41) is 8.88. The van der Waals surface area contributed by atoms with Crippen molar-refractivity contribution in [1.29, 1.82) is 0 Å². The van der Waals surface area contributed by atoms with Crippen molar-refractivity contribution in [3.8, 4) is 0 Å². The number of nitrogens with zero attached hydrogens (tertiary/aromatic N) is 2. The number of aromatic amines is 1. The van der Waals surface area contributed by atoms with Gasteiger partial charge < -0.3 is 19.7 Å². The number of nitrogens with one attached hydrogen (secondary N) is 1. The number of hydrogen-bond acceptors (Lipinski definition) is 5. The summed E-state index contributed by atoms with van der Waals surface area (Å²) in [5.74, 6) is -1.08. The molecule has 1 aliphatic heterocycles. The van der Waals surface area contributed by atoms with Crippen LogP contribution in [0.5, 0.6) is 0 Å². The van der Waals surface area contributed by atoms with Gasteiger partial charge in [0.2, 0.25) is 0 Å². The van der Waals surface area contributed by atoms with Gasteiger partial charge in [-0.15, -0.1) is 0 Å². The molecule has 0 aliphatic carbocycles. The SMILES string of the molecule is CCCc1c(C(=O)N2CCOC(CN(C)CC(=O)O)C2)[nH]c(C)c1C(C)=O. The number of carbonyl (C=O) groups excluding carboxylic acids is 2. The first-order chi connectivity index (χ1) is 12.7. The highest BCUT2D eigenvalue weighted by atomic mass is 16.5. The lowest BCUT2D eigenvalue weighted by Gasteiger charge is -2.34. The third-order valence-electron chi connectivity index (χ3n) is 4.70. The van der Waals surface area contributed by atoms with E-state index in [1.807, 2.05) is 13.8 Å². The molecule has 0 spiro atoms. The second-order valence-electron chi connectivity index (χ2n) is 7.12. The molecule has 2 heterocycles. The normalized spacial score (nSPS) is 17.4. The van der Waals surface area contributed by atoms with Crippen LogP contribution in [0, 0.1) is 6.92 Å². The van der Waals surface area contributed by atoms with Crippen molar-refractivity contribution in [3.63, 3.8) is 0 Å². The van der Waals surface area contributed by atoms with Gasteiger partial charge in [0, 0.05) is 30.9 Å². The van der Waals surface area contributed by atoms with Crippen molar-refractivity contribution in [1.82, 2.24) is 14.8 Å². The molecule has 1 unspecified atom stereocenters. The summed E-state index contributed by atoms with van der Waals surface area (Å²) in [6.07, 6.45) is 1.25. The Kier molecular flexibility index (Phi) is 7.15. The van der Waals surface area contributed by atoms with E-state index in [0.29, 0.717) is 43.9 Å². The third-order valence-corrected chi connectivity index (χ3v) is 4.70. The number of ketones is 1. The number of aryl methyl sites for hydroxylation is 1. The Morgan fingerprint density at radius 3 is 2.67 bits per heavy atom. The molecule has 2 rings (SSSR count). The number of carbonyl (C=O) groups is 3. The standard InChI is InChI=1S/C19H29N3O5/c1-5-6-15-17(13(3)23)12(2)20-18(15)19(26)22-7-8-27-14(10-22)9-21(4)11-16(24)25/h14,20H,5-11H2,1-4H3,(H,24,25). The number of carboxylic acids is 1. The molecule has 1 atom stereocenters. The van der Waals surface area contributed by atoms with Crippen molar-refractivity contribution >= 4 is 17.7 Å². The maximum Gasteiger partial charge on any atom is 0.317 e. The van der Waals surface area contributed by atoms with Crippen LogP contribution in [-0.4, -0.2) is 83.5 Å². The molecule has 1 saturated heterocycles. The first-order valence-electron chi connectivity index (χ1n) is 9.28. The van der Waals surface area contributed by atoms with Gasteiger partial charge in [-0.2, -0.15) is 0 Å². The van der Waals surface area contributed by atoms with E-state index in [4.69, 9.17) is 9.84 Å². The number of ether oxygens (including phenoxy) is 1. The summed E-state index contributed by atoms with van der Waals surface area (Å²) in [5.41, 5.74) is 2.61. The van der Waals surface area contributed by atoms with Gasteiger partial charge in [0.05, 0.1) is 19.3 Å². The number of likely N-dealkylation sites (N-methyl/N-ethyl adjacent to an activating group) is 1. The Labute approximate surface area is 159 Å². The van der Waals surface area contributed by atoms with Gasteiger partial charge >= 0.3 is 5.97 Å². The van der Waals surface area contributed by atoms with Crippen molar-refractivity contribution in [3.05, 3.63) is 22.5 Å². The van der Waals surface area contributed by atoms with Gasteiger partial charge in [-0.25, -0.2) is 0 Å². The number of morpholine rings is 1. The van der Waals surface area contributed by atoms with Crippen LogP contribution in [-0.2, 0) is 16.0 Å². The Bertz CT molecular complexity index is 712. The van der Waals surface area contributed by atoms with Crippen LogP contribution in [0.25, 0.3) is 0 Å². The van der Waals surface area contributed by atoms with Gasteiger partial charge in [0.25, 0.3) is 5.91 Å². The van der Waals surface area contributed by atoms with Gasteiger partial charge in [0.1, 0.15) is 5.69 Å². The Morgan fingerprint density at radius 1 is 1.37 bits per heavy atom. The molecule has 0 saturated carbocycles. The lowest BCUT2D eigenvalue weighted by atomic mass is 10.0. The van der Waals surface area contributed by atoms with Crippen molar-refractivity contribution in [2.45, 2.75) is 39.7 Å². The number of hydrogen-bond donors (Lipinski definition) is 2. The van der Waals surface area contributed by atoms with E-state index in [1.165, 1.54) is 6.92 Å². The predicted molar refractivity (Wildman–Crippen MR) is 100 cm³/mol. The molecule has 150 valence electrons. The van der Waals surface area contributed by atoms with E-state index in [1.54, 1.807) is 16.8 Å². The van der Waals surface area contributed by atoms with Crippen molar-refractivity contribution in [2.75, 3.05) is 39.8 Å². The van der Waals surface area contributed by atoms with Crippen LogP contribution >= 0.6 is 0 Å². The monoisotopic (exact) mass is 379 g/mol. The average molecular weight is 379 g/mol. The lowest BCUT2D eigenvalue weighted by Crippen LogP contribution is -2.49.